The van der Waals surface area contributed by atoms with Crippen molar-refractivity contribution in [2.24, 2.45) is 0 Å². The van der Waals surface area contributed by atoms with Gasteiger partial charge in [0.1, 0.15) is 29.4 Å². The SMILES string of the molecule is CN1CCN(CCOc2ccc(NC3CCC(Oc4cc(N5CCOCC5)cc5nccnc45)CC3)nc2)CC1. The van der Waals surface area contributed by atoms with E-state index in [1.165, 1.54) is 0 Å². The number of hydrogen-bond acceptors (Lipinski definition) is 10. The molecule has 3 aliphatic rings. The first kappa shape index (κ1) is 27.0. The number of nitrogens with one attached hydrogen (secondary N) is 1. The fourth-order valence-electron chi connectivity index (χ4n) is 5.75. The number of piperazine rings is 1. The van der Waals surface area contributed by atoms with Gasteiger partial charge in [0.25, 0.3) is 0 Å². The molecule has 0 atom stereocenters. The maximum absolute atomic E-state index is 6.57. The Balaban J connectivity index is 0.983. The molecule has 0 bridgehead atoms. The van der Waals surface area contributed by atoms with Gasteiger partial charge in [-0.15, -0.1) is 0 Å². The fraction of sp³-hybridized carbons (Fsp3) is 0.567. The second-order valence-electron chi connectivity index (χ2n) is 11.1. The van der Waals surface area contributed by atoms with Crippen LogP contribution in [0.5, 0.6) is 11.5 Å². The molecule has 0 radical (unpaired) electrons. The highest BCUT2D eigenvalue weighted by molar-refractivity contribution is 5.85. The Labute approximate surface area is 236 Å². The van der Waals surface area contributed by atoms with Crippen LogP contribution >= 0.6 is 0 Å². The van der Waals surface area contributed by atoms with Gasteiger partial charge < -0.3 is 29.3 Å². The molecule has 10 heteroatoms. The number of aromatic nitrogens is 3. The molecule has 3 fully saturated rings. The minimum absolute atomic E-state index is 0.159. The van der Waals surface area contributed by atoms with E-state index in [-0.39, 0.29) is 6.10 Å². The van der Waals surface area contributed by atoms with Crippen molar-refractivity contribution in [3.63, 3.8) is 0 Å². The summed E-state index contributed by atoms with van der Waals surface area (Å²) in [5, 5.41) is 3.61. The van der Waals surface area contributed by atoms with E-state index in [0.29, 0.717) is 12.6 Å². The largest absolute Gasteiger partial charge is 0.491 e. The average Bonchev–Trinajstić information content (AvgIpc) is 3.00. The zero-order valence-corrected chi connectivity index (χ0v) is 23.5. The van der Waals surface area contributed by atoms with Gasteiger partial charge in [-0.3, -0.25) is 9.88 Å². The number of ether oxygens (including phenoxy) is 3. The molecule has 0 amide bonds. The molecular formula is C30H41N7O3. The van der Waals surface area contributed by atoms with Crippen LogP contribution in [0.25, 0.3) is 11.0 Å². The predicted molar refractivity (Wildman–Crippen MR) is 157 cm³/mol. The van der Waals surface area contributed by atoms with E-state index in [1.54, 1.807) is 12.4 Å². The molecule has 1 saturated carbocycles. The second-order valence-corrected chi connectivity index (χ2v) is 11.1. The molecule has 3 aromatic rings. The van der Waals surface area contributed by atoms with Crippen LogP contribution in [0.4, 0.5) is 11.5 Å². The minimum atomic E-state index is 0.159. The van der Waals surface area contributed by atoms with Crippen LogP contribution in [0.2, 0.25) is 0 Å². The van der Waals surface area contributed by atoms with Crippen LogP contribution in [0, 0.1) is 0 Å². The Morgan fingerprint density at radius 3 is 2.50 bits per heavy atom. The first-order valence-electron chi connectivity index (χ1n) is 14.7. The third-order valence-electron chi connectivity index (χ3n) is 8.23. The number of pyridine rings is 1. The maximum Gasteiger partial charge on any atom is 0.149 e. The molecule has 2 aliphatic heterocycles. The van der Waals surface area contributed by atoms with Gasteiger partial charge in [0.05, 0.1) is 31.0 Å². The van der Waals surface area contributed by atoms with Gasteiger partial charge in [-0.2, -0.15) is 0 Å². The first-order valence-corrected chi connectivity index (χ1v) is 14.7. The van der Waals surface area contributed by atoms with Crippen LogP contribution in [-0.4, -0.2) is 110 Å². The molecule has 2 saturated heterocycles. The lowest BCUT2D eigenvalue weighted by atomic mass is 9.93. The molecule has 40 heavy (non-hydrogen) atoms. The normalized spacial score (nSPS) is 22.8. The molecule has 1 aromatic carbocycles. The van der Waals surface area contributed by atoms with Crippen LogP contribution in [0.15, 0.2) is 42.9 Å². The van der Waals surface area contributed by atoms with Crippen molar-refractivity contribution in [2.75, 3.05) is 82.9 Å². The van der Waals surface area contributed by atoms with Crippen LogP contribution in [0.1, 0.15) is 25.7 Å². The maximum atomic E-state index is 6.57. The van der Waals surface area contributed by atoms with Crippen molar-refractivity contribution in [3.8, 4) is 11.5 Å². The molecule has 2 aromatic heterocycles. The number of benzene rings is 1. The van der Waals surface area contributed by atoms with Gasteiger partial charge in [-0.1, -0.05) is 0 Å². The summed E-state index contributed by atoms with van der Waals surface area (Å²) in [7, 11) is 2.18. The topological polar surface area (TPSA) is 88.1 Å². The molecule has 1 aliphatic carbocycles. The number of likely N-dealkylation sites (N-methyl/N-ethyl adjacent to an activating group) is 1. The highest BCUT2D eigenvalue weighted by Crippen LogP contribution is 2.33. The summed E-state index contributed by atoms with van der Waals surface area (Å²) in [5.74, 6) is 2.55. The van der Waals surface area contributed by atoms with E-state index < -0.39 is 0 Å². The van der Waals surface area contributed by atoms with Crippen molar-refractivity contribution in [1.29, 1.82) is 0 Å². The lowest BCUT2D eigenvalue weighted by Gasteiger charge is -2.32. The van der Waals surface area contributed by atoms with E-state index in [4.69, 9.17) is 14.2 Å². The van der Waals surface area contributed by atoms with Gasteiger partial charge in [0.2, 0.25) is 0 Å². The van der Waals surface area contributed by atoms with E-state index in [2.05, 4.69) is 54.1 Å². The lowest BCUT2D eigenvalue weighted by molar-refractivity contribution is 0.122. The summed E-state index contributed by atoms with van der Waals surface area (Å²) in [6.07, 6.45) is 9.49. The van der Waals surface area contributed by atoms with E-state index >= 15 is 0 Å². The Kier molecular flexibility index (Phi) is 8.75. The minimum Gasteiger partial charge on any atom is -0.491 e. The van der Waals surface area contributed by atoms with Gasteiger partial charge >= 0.3 is 0 Å². The summed E-state index contributed by atoms with van der Waals surface area (Å²) >= 11 is 0. The summed E-state index contributed by atoms with van der Waals surface area (Å²) in [5.41, 5.74) is 2.82. The van der Waals surface area contributed by atoms with Crippen molar-refractivity contribution >= 4 is 22.5 Å². The fourth-order valence-corrected chi connectivity index (χ4v) is 5.75. The number of rotatable bonds is 9. The molecule has 6 rings (SSSR count). The smallest absolute Gasteiger partial charge is 0.149 e. The Morgan fingerprint density at radius 1 is 0.925 bits per heavy atom. The zero-order chi connectivity index (χ0) is 27.1. The molecule has 1 N–H and O–H groups in total. The third kappa shape index (κ3) is 6.92. The third-order valence-corrected chi connectivity index (χ3v) is 8.23. The quantitative estimate of drug-likeness (QED) is 0.431. The standard InChI is InChI=1S/C30H41N7O3/c1-35-10-12-36(13-11-35)14-19-39-26-6-7-29(33-22-26)34-23-2-4-25(5-3-23)40-28-21-24(37-15-17-38-18-16-37)20-27-30(28)32-9-8-31-27/h6-9,20-23,25H,2-5,10-19H2,1H3,(H,33,34). The first-order chi connectivity index (χ1) is 19.7. The van der Waals surface area contributed by atoms with Gasteiger partial charge in [-0.25, -0.2) is 9.97 Å². The van der Waals surface area contributed by atoms with Crippen molar-refractivity contribution in [2.45, 2.75) is 37.8 Å². The highest BCUT2D eigenvalue weighted by atomic mass is 16.5. The summed E-state index contributed by atoms with van der Waals surface area (Å²) < 4.78 is 18.1. The summed E-state index contributed by atoms with van der Waals surface area (Å²) in [4.78, 5) is 20.9. The number of nitrogens with zero attached hydrogens (tertiary/aromatic N) is 6. The van der Waals surface area contributed by atoms with E-state index in [0.717, 1.165) is 119 Å². The Morgan fingerprint density at radius 2 is 1.73 bits per heavy atom. The zero-order valence-electron chi connectivity index (χ0n) is 23.5. The molecule has 214 valence electrons. The number of hydrogen-bond donors (Lipinski definition) is 1. The summed E-state index contributed by atoms with van der Waals surface area (Å²) in [6.45, 7) is 9.37. The van der Waals surface area contributed by atoms with E-state index in [9.17, 15) is 0 Å². The predicted octanol–water partition coefficient (Wildman–Crippen LogP) is 3.29. The number of morpholine rings is 1. The Bertz CT molecular complexity index is 1220. The second kappa shape index (κ2) is 13.0. The van der Waals surface area contributed by atoms with Crippen molar-refractivity contribution in [1.82, 2.24) is 24.8 Å². The molecule has 0 spiro atoms. The van der Waals surface area contributed by atoms with Crippen LogP contribution in [-0.2, 0) is 4.74 Å². The van der Waals surface area contributed by atoms with Crippen LogP contribution < -0.4 is 19.7 Å². The number of anilines is 2. The molecule has 10 nitrogen and oxygen atoms in total. The van der Waals surface area contributed by atoms with Crippen molar-refractivity contribution < 1.29 is 14.2 Å². The van der Waals surface area contributed by atoms with Gasteiger partial charge in [-0.05, 0) is 50.9 Å². The number of fused-ring (bicyclic) bond motifs is 1. The van der Waals surface area contributed by atoms with Crippen LogP contribution in [0.3, 0.4) is 0 Å². The molecule has 0 unspecified atom stereocenters. The van der Waals surface area contributed by atoms with Crippen molar-refractivity contribution in [3.05, 3.63) is 42.9 Å². The van der Waals surface area contributed by atoms with Gasteiger partial charge in [0.15, 0.2) is 0 Å². The van der Waals surface area contributed by atoms with Gasteiger partial charge in [0, 0.05) is 76.0 Å². The summed E-state index contributed by atoms with van der Waals surface area (Å²) in [6, 6.07) is 8.66. The Hall–Kier alpha value is -3.21. The highest BCUT2D eigenvalue weighted by Gasteiger charge is 2.24. The van der Waals surface area contributed by atoms with E-state index in [1.807, 2.05) is 18.3 Å². The monoisotopic (exact) mass is 547 g/mol. The molecular weight excluding hydrogens is 506 g/mol. The molecule has 4 heterocycles. The lowest BCUT2D eigenvalue weighted by Crippen LogP contribution is -2.45. The average molecular weight is 548 g/mol.